The molecule has 1 fully saturated rings. The van der Waals surface area contributed by atoms with Gasteiger partial charge in [0.05, 0.1) is 13.0 Å². The Morgan fingerprint density at radius 2 is 2.10 bits per heavy atom. The summed E-state index contributed by atoms with van der Waals surface area (Å²) in [5, 5.41) is 0. The van der Waals surface area contributed by atoms with Crippen LogP contribution in [0.4, 0.5) is 0 Å². The standard InChI is InChI=1S/C17H22O4/c1-3-12(2)14-8-6-13(7-9-14)11-16(18)21-15-5-4-10-20-17(15)19/h6-9,12,15H,3-5,10-11H2,1-2H3. The highest BCUT2D eigenvalue weighted by molar-refractivity contribution is 5.80. The Kier molecular flexibility index (Phi) is 5.37. The molecule has 0 aromatic heterocycles. The Morgan fingerprint density at radius 3 is 2.71 bits per heavy atom. The number of hydrogen-bond acceptors (Lipinski definition) is 4. The molecule has 0 saturated carbocycles. The number of rotatable bonds is 5. The van der Waals surface area contributed by atoms with Crippen molar-refractivity contribution in [3.63, 3.8) is 0 Å². The zero-order valence-electron chi connectivity index (χ0n) is 12.6. The fourth-order valence-electron chi connectivity index (χ4n) is 2.33. The summed E-state index contributed by atoms with van der Waals surface area (Å²) in [5.74, 6) is -0.292. The van der Waals surface area contributed by atoms with Gasteiger partial charge in [-0.3, -0.25) is 4.79 Å². The number of esters is 2. The summed E-state index contributed by atoms with van der Waals surface area (Å²) in [7, 11) is 0. The zero-order valence-corrected chi connectivity index (χ0v) is 12.6. The van der Waals surface area contributed by atoms with Crippen LogP contribution >= 0.6 is 0 Å². The van der Waals surface area contributed by atoms with Gasteiger partial charge in [0.1, 0.15) is 0 Å². The van der Waals surface area contributed by atoms with Gasteiger partial charge in [0.25, 0.3) is 0 Å². The largest absolute Gasteiger partial charge is 0.463 e. The molecule has 1 aromatic carbocycles. The van der Waals surface area contributed by atoms with E-state index in [9.17, 15) is 9.59 Å². The molecule has 2 atom stereocenters. The fraction of sp³-hybridized carbons (Fsp3) is 0.529. The van der Waals surface area contributed by atoms with Crippen LogP contribution < -0.4 is 0 Å². The molecular weight excluding hydrogens is 268 g/mol. The van der Waals surface area contributed by atoms with Gasteiger partial charge in [-0.2, -0.15) is 0 Å². The minimum absolute atomic E-state index is 0.185. The second kappa shape index (κ2) is 7.25. The van der Waals surface area contributed by atoms with Gasteiger partial charge in [0.15, 0.2) is 6.10 Å². The predicted molar refractivity (Wildman–Crippen MR) is 78.9 cm³/mol. The normalized spacial score (nSPS) is 19.7. The highest BCUT2D eigenvalue weighted by Gasteiger charge is 2.27. The van der Waals surface area contributed by atoms with Gasteiger partial charge in [0.2, 0.25) is 0 Å². The first-order valence-corrected chi connectivity index (χ1v) is 7.55. The van der Waals surface area contributed by atoms with Crippen molar-refractivity contribution in [2.24, 2.45) is 0 Å². The molecule has 4 heteroatoms. The van der Waals surface area contributed by atoms with Crippen molar-refractivity contribution < 1.29 is 19.1 Å². The predicted octanol–water partition coefficient (Wildman–Crippen LogP) is 2.99. The van der Waals surface area contributed by atoms with E-state index in [1.54, 1.807) is 0 Å². The van der Waals surface area contributed by atoms with Gasteiger partial charge in [-0.25, -0.2) is 4.79 Å². The topological polar surface area (TPSA) is 52.6 Å². The van der Waals surface area contributed by atoms with Crippen molar-refractivity contribution in [1.29, 1.82) is 0 Å². The molecule has 0 bridgehead atoms. The Bertz CT molecular complexity index is 492. The van der Waals surface area contributed by atoms with E-state index in [-0.39, 0.29) is 12.4 Å². The number of cyclic esters (lactones) is 1. The average molecular weight is 290 g/mol. The molecule has 1 heterocycles. The first-order valence-electron chi connectivity index (χ1n) is 7.55. The van der Waals surface area contributed by atoms with E-state index in [2.05, 4.69) is 13.8 Å². The number of benzene rings is 1. The molecule has 0 N–H and O–H groups in total. The molecular formula is C17H22O4. The molecule has 0 spiro atoms. The van der Waals surface area contributed by atoms with Crippen molar-refractivity contribution >= 4 is 11.9 Å². The second-order valence-electron chi connectivity index (χ2n) is 5.52. The molecule has 21 heavy (non-hydrogen) atoms. The highest BCUT2D eigenvalue weighted by atomic mass is 16.6. The smallest absolute Gasteiger partial charge is 0.347 e. The Balaban J connectivity index is 1.88. The molecule has 1 aromatic rings. The summed E-state index contributed by atoms with van der Waals surface area (Å²) >= 11 is 0. The summed E-state index contributed by atoms with van der Waals surface area (Å²) in [5.41, 5.74) is 2.17. The van der Waals surface area contributed by atoms with E-state index in [1.807, 2.05) is 24.3 Å². The van der Waals surface area contributed by atoms with Crippen LogP contribution in [0, 0.1) is 0 Å². The maximum Gasteiger partial charge on any atom is 0.347 e. The molecule has 2 unspecified atom stereocenters. The number of ether oxygens (including phenoxy) is 2. The zero-order chi connectivity index (χ0) is 15.2. The molecule has 1 saturated heterocycles. The summed E-state index contributed by atoms with van der Waals surface area (Å²) in [6.45, 7) is 4.75. The van der Waals surface area contributed by atoms with E-state index in [1.165, 1.54) is 5.56 Å². The second-order valence-corrected chi connectivity index (χ2v) is 5.52. The SMILES string of the molecule is CCC(C)c1ccc(CC(=O)OC2CCCOC2=O)cc1. The van der Waals surface area contributed by atoms with Crippen LogP contribution in [0.15, 0.2) is 24.3 Å². The quantitative estimate of drug-likeness (QED) is 0.782. The van der Waals surface area contributed by atoms with Crippen molar-refractivity contribution in [3.05, 3.63) is 35.4 Å². The Morgan fingerprint density at radius 1 is 1.38 bits per heavy atom. The Hall–Kier alpha value is -1.84. The summed E-state index contributed by atoms with van der Waals surface area (Å²) in [4.78, 5) is 23.3. The van der Waals surface area contributed by atoms with Crippen LogP contribution in [0.5, 0.6) is 0 Å². The van der Waals surface area contributed by atoms with Crippen LogP contribution in [0.3, 0.4) is 0 Å². The lowest BCUT2D eigenvalue weighted by atomic mass is 9.97. The maximum absolute atomic E-state index is 11.9. The first kappa shape index (κ1) is 15.5. The van der Waals surface area contributed by atoms with E-state index in [0.717, 1.165) is 18.4 Å². The summed E-state index contributed by atoms with van der Waals surface area (Å²) < 4.78 is 10.1. The van der Waals surface area contributed by atoms with Gasteiger partial charge in [0, 0.05) is 0 Å². The van der Waals surface area contributed by atoms with Crippen LogP contribution in [0.2, 0.25) is 0 Å². The molecule has 1 aliphatic heterocycles. The van der Waals surface area contributed by atoms with E-state index >= 15 is 0 Å². The monoisotopic (exact) mass is 290 g/mol. The molecule has 1 aliphatic rings. The van der Waals surface area contributed by atoms with Crippen LogP contribution in [0.1, 0.15) is 50.2 Å². The van der Waals surface area contributed by atoms with E-state index in [4.69, 9.17) is 9.47 Å². The minimum atomic E-state index is -0.731. The fourth-order valence-corrected chi connectivity index (χ4v) is 2.33. The maximum atomic E-state index is 11.9. The van der Waals surface area contributed by atoms with Crippen molar-refractivity contribution in [2.45, 2.75) is 51.6 Å². The van der Waals surface area contributed by atoms with Gasteiger partial charge in [-0.15, -0.1) is 0 Å². The number of carbonyl (C=O) groups is 2. The Labute approximate surface area is 125 Å². The first-order chi connectivity index (χ1) is 10.1. The highest BCUT2D eigenvalue weighted by Crippen LogP contribution is 2.19. The molecule has 0 aliphatic carbocycles. The third-order valence-corrected chi connectivity index (χ3v) is 3.90. The average Bonchev–Trinajstić information content (AvgIpc) is 2.49. The van der Waals surface area contributed by atoms with Gasteiger partial charge in [-0.1, -0.05) is 38.1 Å². The molecule has 4 nitrogen and oxygen atoms in total. The van der Waals surface area contributed by atoms with Gasteiger partial charge >= 0.3 is 11.9 Å². The number of hydrogen-bond donors (Lipinski definition) is 0. The van der Waals surface area contributed by atoms with Crippen molar-refractivity contribution in [3.8, 4) is 0 Å². The lowest BCUT2D eigenvalue weighted by Crippen LogP contribution is -2.33. The third kappa shape index (κ3) is 4.31. The lowest BCUT2D eigenvalue weighted by Gasteiger charge is -2.20. The molecule has 0 radical (unpaired) electrons. The molecule has 0 amide bonds. The third-order valence-electron chi connectivity index (χ3n) is 3.90. The van der Waals surface area contributed by atoms with E-state index < -0.39 is 12.1 Å². The minimum Gasteiger partial charge on any atom is -0.463 e. The van der Waals surface area contributed by atoms with Gasteiger partial charge in [-0.05, 0) is 36.3 Å². The summed E-state index contributed by atoms with van der Waals surface area (Å²) in [6, 6.07) is 7.99. The number of carbonyl (C=O) groups excluding carboxylic acids is 2. The van der Waals surface area contributed by atoms with Crippen LogP contribution in [-0.2, 0) is 25.5 Å². The molecule has 114 valence electrons. The van der Waals surface area contributed by atoms with Crippen LogP contribution in [-0.4, -0.2) is 24.6 Å². The van der Waals surface area contributed by atoms with Crippen molar-refractivity contribution in [2.75, 3.05) is 6.61 Å². The lowest BCUT2D eigenvalue weighted by molar-refractivity contribution is -0.172. The molecule has 2 rings (SSSR count). The van der Waals surface area contributed by atoms with E-state index in [0.29, 0.717) is 18.9 Å². The summed E-state index contributed by atoms with van der Waals surface area (Å²) in [6.07, 6.45) is 1.84. The van der Waals surface area contributed by atoms with Crippen molar-refractivity contribution in [1.82, 2.24) is 0 Å². The van der Waals surface area contributed by atoms with Gasteiger partial charge < -0.3 is 9.47 Å². The van der Waals surface area contributed by atoms with Crippen LogP contribution in [0.25, 0.3) is 0 Å².